The van der Waals surface area contributed by atoms with Crippen LogP contribution in [0.4, 0.5) is 0 Å². The van der Waals surface area contributed by atoms with E-state index in [9.17, 15) is 4.79 Å². The van der Waals surface area contributed by atoms with Crippen molar-refractivity contribution < 1.29 is 4.79 Å². The summed E-state index contributed by atoms with van der Waals surface area (Å²) in [5, 5.41) is 6.71. The molecule has 2 aromatic carbocycles. The third-order valence-electron chi connectivity index (χ3n) is 3.96. The molecule has 1 heterocycles. The summed E-state index contributed by atoms with van der Waals surface area (Å²) in [7, 11) is 0. The number of benzene rings is 2. The van der Waals surface area contributed by atoms with Gasteiger partial charge in [-0.2, -0.15) is 0 Å². The lowest BCUT2D eigenvalue weighted by atomic mass is 10.1. The molecule has 0 aliphatic heterocycles. The molecule has 0 atom stereocenters. The highest BCUT2D eigenvalue weighted by Crippen LogP contribution is 2.27. The third-order valence-corrected chi connectivity index (χ3v) is 5.51. The van der Waals surface area contributed by atoms with Crippen LogP contribution in [-0.2, 0) is 12.8 Å². The maximum absolute atomic E-state index is 12.3. The Morgan fingerprint density at radius 2 is 1.88 bits per heavy atom. The lowest BCUT2D eigenvalue weighted by Gasteiger charge is -2.05. The molecule has 0 spiro atoms. The number of hydrogen-bond acceptors (Lipinski definition) is 3. The third kappa shape index (κ3) is 4.85. The number of carbonyl (C=O) groups excluding carboxylic acids is 1. The van der Waals surface area contributed by atoms with E-state index in [2.05, 4.69) is 35.4 Å². The van der Waals surface area contributed by atoms with Crippen molar-refractivity contribution >= 4 is 40.4 Å². The highest BCUT2D eigenvalue weighted by atomic mass is 35.5. The second-order valence-electron chi connectivity index (χ2n) is 6.00. The largest absolute Gasteiger partial charge is 0.350 e. The maximum Gasteiger partial charge on any atom is 0.270 e. The van der Waals surface area contributed by atoms with Crippen molar-refractivity contribution in [2.24, 2.45) is 0 Å². The molecule has 0 unspecified atom stereocenters. The van der Waals surface area contributed by atoms with Gasteiger partial charge in [-0.3, -0.25) is 4.79 Å². The molecule has 3 aromatic rings. The number of aromatic nitrogens is 1. The summed E-state index contributed by atoms with van der Waals surface area (Å²) in [6.07, 6.45) is 1.30. The van der Waals surface area contributed by atoms with Gasteiger partial charge in [0.15, 0.2) is 0 Å². The zero-order valence-corrected chi connectivity index (χ0v) is 16.6. The van der Waals surface area contributed by atoms with Gasteiger partial charge in [-0.25, -0.2) is 4.98 Å². The molecule has 0 radical (unpaired) electrons. The van der Waals surface area contributed by atoms with Gasteiger partial charge in [-0.15, -0.1) is 11.3 Å². The standard InChI is InChI=1S/C20H18Cl2N2OS/c1-13-4-2-5-14(10-13)8-9-23-20(25)18-12-26-19(24-18)11-15-16(21)6-3-7-17(15)22/h2-7,10,12H,8-9,11H2,1H3,(H,23,25). The van der Waals surface area contributed by atoms with E-state index in [0.29, 0.717) is 28.7 Å². The van der Waals surface area contributed by atoms with Crippen molar-refractivity contribution in [3.63, 3.8) is 0 Å². The molecule has 0 bridgehead atoms. The Bertz CT molecular complexity index is 903. The average molecular weight is 405 g/mol. The minimum Gasteiger partial charge on any atom is -0.350 e. The van der Waals surface area contributed by atoms with Crippen molar-refractivity contribution in [1.29, 1.82) is 0 Å². The summed E-state index contributed by atoms with van der Waals surface area (Å²) < 4.78 is 0. The highest BCUT2D eigenvalue weighted by molar-refractivity contribution is 7.09. The molecule has 1 N–H and O–H groups in total. The first kappa shape index (κ1) is 18.9. The predicted molar refractivity (Wildman–Crippen MR) is 109 cm³/mol. The molecule has 1 aromatic heterocycles. The van der Waals surface area contributed by atoms with Crippen molar-refractivity contribution in [2.75, 3.05) is 6.54 Å². The zero-order chi connectivity index (χ0) is 18.5. The molecule has 0 aliphatic rings. The smallest absolute Gasteiger partial charge is 0.270 e. The number of carbonyl (C=O) groups is 1. The Hall–Kier alpha value is -1.88. The molecular weight excluding hydrogens is 387 g/mol. The molecule has 1 amide bonds. The van der Waals surface area contributed by atoms with Crippen LogP contribution in [0, 0.1) is 6.92 Å². The first-order valence-electron chi connectivity index (χ1n) is 8.24. The topological polar surface area (TPSA) is 42.0 Å². The summed E-state index contributed by atoms with van der Waals surface area (Å²) in [5.41, 5.74) is 3.68. The number of hydrogen-bond donors (Lipinski definition) is 1. The van der Waals surface area contributed by atoms with Gasteiger partial charge in [-0.1, -0.05) is 59.1 Å². The van der Waals surface area contributed by atoms with Crippen molar-refractivity contribution in [2.45, 2.75) is 19.8 Å². The van der Waals surface area contributed by atoms with Crippen LogP contribution in [-0.4, -0.2) is 17.4 Å². The average Bonchev–Trinajstić information content (AvgIpc) is 3.07. The fourth-order valence-corrected chi connectivity index (χ4v) is 3.94. The van der Waals surface area contributed by atoms with E-state index < -0.39 is 0 Å². The van der Waals surface area contributed by atoms with Gasteiger partial charge in [0.25, 0.3) is 5.91 Å². The van der Waals surface area contributed by atoms with Crippen LogP contribution in [0.3, 0.4) is 0 Å². The monoisotopic (exact) mass is 404 g/mol. The van der Waals surface area contributed by atoms with Crippen LogP contribution in [0.2, 0.25) is 10.0 Å². The molecule has 0 saturated carbocycles. The van der Waals surface area contributed by atoms with Gasteiger partial charge in [0.2, 0.25) is 0 Å². The fraction of sp³-hybridized carbons (Fsp3) is 0.200. The van der Waals surface area contributed by atoms with E-state index in [1.165, 1.54) is 22.5 Å². The van der Waals surface area contributed by atoms with Crippen LogP contribution in [0.15, 0.2) is 47.8 Å². The van der Waals surface area contributed by atoms with Gasteiger partial charge < -0.3 is 5.32 Å². The normalized spacial score (nSPS) is 10.7. The second kappa shape index (κ2) is 8.67. The Balaban J connectivity index is 1.58. The Morgan fingerprint density at radius 1 is 1.15 bits per heavy atom. The molecule has 0 saturated heterocycles. The van der Waals surface area contributed by atoms with E-state index in [4.69, 9.17) is 23.2 Å². The van der Waals surface area contributed by atoms with Gasteiger partial charge in [0.1, 0.15) is 5.69 Å². The van der Waals surface area contributed by atoms with Crippen LogP contribution in [0.25, 0.3) is 0 Å². The minimum atomic E-state index is -0.162. The lowest BCUT2D eigenvalue weighted by molar-refractivity contribution is 0.0949. The van der Waals surface area contributed by atoms with Crippen LogP contribution >= 0.6 is 34.5 Å². The molecule has 6 heteroatoms. The van der Waals surface area contributed by atoms with E-state index in [0.717, 1.165) is 17.0 Å². The van der Waals surface area contributed by atoms with Gasteiger partial charge in [0, 0.05) is 28.4 Å². The van der Waals surface area contributed by atoms with Gasteiger partial charge >= 0.3 is 0 Å². The first-order valence-corrected chi connectivity index (χ1v) is 9.87. The SMILES string of the molecule is Cc1cccc(CCNC(=O)c2csc(Cc3c(Cl)cccc3Cl)n2)c1. The number of rotatable bonds is 6. The van der Waals surface area contributed by atoms with Crippen molar-refractivity contribution in [3.8, 4) is 0 Å². The highest BCUT2D eigenvalue weighted by Gasteiger charge is 2.13. The number of halogens is 2. The van der Waals surface area contributed by atoms with E-state index in [-0.39, 0.29) is 5.91 Å². The number of aryl methyl sites for hydroxylation is 1. The van der Waals surface area contributed by atoms with Crippen molar-refractivity contribution in [3.05, 3.63) is 85.3 Å². The van der Waals surface area contributed by atoms with Gasteiger partial charge in [-0.05, 0) is 36.6 Å². The predicted octanol–water partition coefficient (Wildman–Crippen LogP) is 5.32. The molecule has 3 nitrogen and oxygen atoms in total. The fourth-order valence-electron chi connectivity index (χ4n) is 2.63. The number of thiazole rings is 1. The number of amides is 1. The lowest BCUT2D eigenvalue weighted by Crippen LogP contribution is -2.26. The molecule has 26 heavy (non-hydrogen) atoms. The Morgan fingerprint density at radius 3 is 2.62 bits per heavy atom. The minimum absolute atomic E-state index is 0.162. The molecule has 0 aliphatic carbocycles. The summed E-state index contributed by atoms with van der Waals surface area (Å²) in [6.45, 7) is 2.63. The van der Waals surface area contributed by atoms with E-state index >= 15 is 0 Å². The van der Waals surface area contributed by atoms with Crippen LogP contribution in [0.5, 0.6) is 0 Å². The van der Waals surface area contributed by atoms with Crippen LogP contribution < -0.4 is 5.32 Å². The summed E-state index contributed by atoms with van der Waals surface area (Å²) >= 11 is 13.8. The van der Waals surface area contributed by atoms with Crippen LogP contribution in [0.1, 0.15) is 32.2 Å². The molecular formula is C20H18Cl2N2OS. The second-order valence-corrected chi connectivity index (χ2v) is 7.76. The maximum atomic E-state index is 12.3. The van der Waals surface area contributed by atoms with Gasteiger partial charge in [0.05, 0.1) is 5.01 Å². The Kier molecular flexibility index (Phi) is 6.30. The number of nitrogens with one attached hydrogen (secondary N) is 1. The molecule has 3 rings (SSSR count). The molecule has 134 valence electrons. The van der Waals surface area contributed by atoms with Crippen molar-refractivity contribution in [1.82, 2.24) is 10.3 Å². The number of nitrogens with zero attached hydrogens (tertiary/aromatic N) is 1. The summed E-state index contributed by atoms with van der Waals surface area (Å²) in [6, 6.07) is 13.7. The summed E-state index contributed by atoms with van der Waals surface area (Å²) in [4.78, 5) is 16.7. The van der Waals surface area contributed by atoms with E-state index in [1.54, 1.807) is 17.5 Å². The molecule has 0 fully saturated rings. The Labute approximate surface area is 167 Å². The quantitative estimate of drug-likeness (QED) is 0.603. The zero-order valence-electron chi connectivity index (χ0n) is 14.3. The first-order chi connectivity index (χ1) is 12.5. The summed E-state index contributed by atoms with van der Waals surface area (Å²) in [5.74, 6) is -0.162. The van der Waals surface area contributed by atoms with E-state index in [1.807, 2.05) is 12.1 Å².